The van der Waals surface area contributed by atoms with Gasteiger partial charge >= 0.3 is 5.97 Å². The van der Waals surface area contributed by atoms with Gasteiger partial charge in [-0.15, -0.1) is 0 Å². The third kappa shape index (κ3) is 2.97. The summed E-state index contributed by atoms with van der Waals surface area (Å²) in [6, 6.07) is 3.64. The van der Waals surface area contributed by atoms with Gasteiger partial charge in [0, 0.05) is 17.5 Å². The van der Waals surface area contributed by atoms with Gasteiger partial charge in [0.1, 0.15) is 17.6 Å². The quantitative estimate of drug-likeness (QED) is 0.872. The molecule has 5 nitrogen and oxygen atoms in total. The van der Waals surface area contributed by atoms with Crippen LogP contribution in [0.2, 0.25) is 0 Å². The van der Waals surface area contributed by atoms with Crippen molar-refractivity contribution < 1.29 is 24.5 Å². The molecule has 0 spiro atoms. The lowest BCUT2D eigenvalue weighted by atomic mass is 9.86. The number of hydrogen-bond donors (Lipinski definition) is 2. The van der Waals surface area contributed by atoms with E-state index in [4.69, 9.17) is 14.6 Å². The number of aliphatic hydroxyl groups excluding tert-OH is 1. The molecule has 21 heavy (non-hydrogen) atoms. The minimum absolute atomic E-state index is 0.104. The Balaban J connectivity index is 2.35. The maximum absolute atomic E-state index is 11.1. The van der Waals surface area contributed by atoms with Crippen molar-refractivity contribution in [2.75, 3.05) is 7.11 Å². The van der Waals surface area contributed by atoms with E-state index in [0.29, 0.717) is 11.3 Å². The highest BCUT2D eigenvalue weighted by atomic mass is 16.5. The van der Waals surface area contributed by atoms with Crippen molar-refractivity contribution in [1.29, 1.82) is 0 Å². The Morgan fingerprint density at radius 3 is 2.67 bits per heavy atom. The Morgan fingerprint density at radius 1 is 1.43 bits per heavy atom. The Morgan fingerprint density at radius 2 is 2.10 bits per heavy atom. The summed E-state index contributed by atoms with van der Waals surface area (Å²) in [5.41, 5.74) is 1.63. The molecule has 0 fully saturated rings. The van der Waals surface area contributed by atoms with Crippen LogP contribution in [0.4, 0.5) is 0 Å². The number of fused-ring (bicyclic) bond motifs is 1. The number of hydrogen-bond acceptors (Lipinski definition) is 4. The lowest BCUT2D eigenvalue weighted by Gasteiger charge is -2.24. The smallest absolute Gasteiger partial charge is 0.306 e. The van der Waals surface area contributed by atoms with Crippen molar-refractivity contribution in [2.45, 2.75) is 39.4 Å². The highest BCUT2D eigenvalue weighted by Crippen LogP contribution is 2.40. The second-order valence-electron chi connectivity index (χ2n) is 5.77. The molecule has 1 heterocycles. The van der Waals surface area contributed by atoms with E-state index in [1.807, 2.05) is 13.0 Å². The number of carbonyl (C=O) groups is 1. The molecule has 2 N–H and O–H groups in total. The monoisotopic (exact) mass is 294 g/mol. The minimum atomic E-state index is -0.924. The van der Waals surface area contributed by atoms with E-state index in [1.165, 1.54) is 0 Å². The Bertz CT molecular complexity index is 540. The predicted molar refractivity (Wildman–Crippen MR) is 77.7 cm³/mol. The molecule has 4 atom stereocenters. The molecule has 0 aromatic heterocycles. The van der Waals surface area contributed by atoms with E-state index in [2.05, 4.69) is 0 Å². The van der Waals surface area contributed by atoms with Gasteiger partial charge in [0.05, 0.1) is 19.1 Å². The zero-order chi connectivity index (χ0) is 15.7. The van der Waals surface area contributed by atoms with Crippen LogP contribution in [0, 0.1) is 11.8 Å². The SMILES string of the molecule is COc1cc2c(cc1C(O)C(C)C(C)C(=O)O)OC(C)C2. The first-order valence-electron chi connectivity index (χ1n) is 7.13. The van der Waals surface area contributed by atoms with Crippen molar-refractivity contribution in [3.05, 3.63) is 23.3 Å². The zero-order valence-corrected chi connectivity index (χ0v) is 12.8. The van der Waals surface area contributed by atoms with Crippen molar-refractivity contribution in [1.82, 2.24) is 0 Å². The average Bonchev–Trinajstić information content (AvgIpc) is 2.82. The molecular weight excluding hydrogens is 272 g/mol. The summed E-state index contributed by atoms with van der Waals surface area (Å²) >= 11 is 0. The molecule has 0 radical (unpaired) electrons. The highest BCUT2D eigenvalue weighted by Gasteiger charge is 2.31. The summed E-state index contributed by atoms with van der Waals surface area (Å²) in [6.07, 6.45) is -0.00769. The van der Waals surface area contributed by atoms with Gasteiger partial charge in [-0.05, 0) is 25.0 Å². The molecule has 0 saturated heterocycles. The van der Waals surface area contributed by atoms with Crippen molar-refractivity contribution in [2.24, 2.45) is 11.8 Å². The first-order chi connectivity index (χ1) is 9.85. The van der Waals surface area contributed by atoms with Crippen LogP contribution in [0.5, 0.6) is 11.5 Å². The van der Waals surface area contributed by atoms with Crippen molar-refractivity contribution in [3.63, 3.8) is 0 Å². The van der Waals surface area contributed by atoms with Crippen molar-refractivity contribution >= 4 is 5.97 Å². The van der Waals surface area contributed by atoms with Gasteiger partial charge in [0.2, 0.25) is 0 Å². The second-order valence-corrected chi connectivity index (χ2v) is 5.77. The van der Waals surface area contributed by atoms with E-state index in [1.54, 1.807) is 27.0 Å². The number of methoxy groups -OCH3 is 1. The Kier molecular flexibility index (Phi) is 4.42. The maximum Gasteiger partial charge on any atom is 0.306 e. The molecule has 2 rings (SSSR count). The number of aliphatic carboxylic acids is 1. The molecule has 0 saturated carbocycles. The van der Waals surface area contributed by atoms with Crippen LogP contribution in [-0.2, 0) is 11.2 Å². The number of carboxylic acids is 1. The Labute approximate surface area is 124 Å². The molecule has 116 valence electrons. The largest absolute Gasteiger partial charge is 0.496 e. The molecule has 1 aliphatic heterocycles. The van der Waals surface area contributed by atoms with Gasteiger partial charge in [-0.1, -0.05) is 13.8 Å². The summed E-state index contributed by atoms with van der Waals surface area (Å²) in [4.78, 5) is 11.1. The van der Waals surface area contributed by atoms with Crippen LogP contribution in [0.25, 0.3) is 0 Å². The summed E-state index contributed by atoms with van der Waals surface area (Å²) < 4.78 is 11.1. The fourth-order valence-corrected chi connectivity index (χ4v) is 2.64. The van der Waals surface area contributed by atoms with Gasteiger partial charge < -0.3 is 19.7 Å². The first kappa shape index (κ1) is 15.6. The number of carboxylic acid groups (broad SMARTS) is 1. The fourth-order valence-electron chi connectivity index (χ4n) is 2.64. The van der Waals surface area contributed by atoms with Gasteiger partial charge in [-0.25, -0.2) is 0 Å². The Hall–Kier alpha value is -1.75. The van der Waals surface area contributed by atoms with Crippen LogP contribution in [-0.4, -0.2) is 29.4 Å². The molecule has 1 aromatic carbocycles. The normalized spacial score (nSPS) is 21.1. The lowest BCUT2D eigenvalue weighted by molar-refractivity contribution is -0.144. The third-order valence-corrected chi connectivity index (χ3v) is 4.24. The topological polar surface area (TPSA) is 76.0 Å². The number of rotatable bonds is 5. The number of aliphatic hydroxyl groups is 1. The summed E-state index contributed by atoms with van der Waals surface area (Å²) in [7, 11) is 1.54. The lowest BCUT2D eigenvalue weighted by Crippen LogP contribution is -2.24. The summed E-state index contributed by atoms with van der Waals surface area (Å²) in [5, 5.41) is 19.6. The molecule has 0 amide bonds. The highest BCUT2D eigenvalue weighted by molar-refractivity contribution is 5.70. The molecule has 1 aromatic rings. The number of benzene rings is 1. The molecule has 0 aliphatic carbocycles. The molecule has 5 heteroatoms. The molecular formula is C16H22O5. The van der Waals surface area contributed by atoms with E-state index < -0.39 is 23.9 Å². The van der Waals surface area contributed by atoms with E-state index in [9.17, 15) is 9.90 Å². The van der Waals surface area contributed by atoms with Crippen LogP contribution in [0.1, 0.15) is 38.0 Å². The molecule has 0 bridgehead atoms. The van der Waals surface area contributed by atoms with Crippen LogP contribution < -0.4 is 9.47 Å². The van der Waals surface area contributed by atoms with E-state index >= 15 is 0 Å². The summed E-state index contributed by atoms with van der Waals surface area (Å²) in [6.45, 7) is 5.30. The second kappa shape index (κ2) is 5.93. The maximum atomic E-state index is 11.1. The molecule has 4 unspecified atom stereocenters. The van der Waals surface area contributed by atoms with Gasteiger partial charge in [-0.3, -0.25) is 4.79 Å². The first-order valence-corrected chi connectivity index (χ1v) is 7.13. The summed E-state index contributed by atoms with van der Waals surface area (Å²) in [5.74, 6) is -0.700. The van der Waals surface area contributed by atoms with Gasteiger partial charge in [-0.2, -0.15) is 0 Å². The van der Waals surface area contributed by atoms with Crippen molar-refractivity contribution in [3.8, 4) is 11.5 Å². The zero-order valence-electron chi connectivity index (χ0n) is 12.8. The van der Waals surface area contributed by atoms with Crippen LogP contribution in [0.15, 0.2) is 12.1 Å². The van der Waals surface area contributed by atoms with Crippen LogP contribution >= 0.6 is 0 Å². The van der Waals surface area contributed by atoms with Crippen LogP contribution in [0.3, 0.4) is 0 Å². The van der Waals surface area contributed by atoms with E-state index in [0.717, 1.165) is 17.7 Å². The van der Waals surface area contributed by atoms with Gasteiger partial charge in [0.15, 0.2) is 0 Å². The van der Waals surface area contributed by atoms with Gasteiger partial charge in [0.25, 0.3) is 0 Å². The average molecular weight is 294 g/mol. The van der Waals surface area contributed by atoms with E-state index in [-0.39, 0.29) is 6.10 Å². The molecule has 1 aliphatic rings. The standard InChI is InChI=1S/C16H22O5/c1-8-5-11-6-14(20-4)12(7-13(11)21-8)15(17)9(2)10(3)16(18)19/h6-10,15,17H,5H2,1-4H3,(H,18,19). The fraction of sp³-hybridized carbons (Fsp3) is 0.562. The predicted octanol–water partition coefficient (Wildman–Crippen LogP) is 2.41. The number of ether oxygens (including phenoxy) is 2. The third-order valence-electron chi connectivity index (χ3n) is 4.24. The minimum Gasteiger partial charge on any atom is -0.496 e.